The molecule has 0 atom stereocenters. The fourth-order valence-electron chi connectivity index (χ4n) is 1.98. The molecule has 0 amide bonds. The number of nitrogens with two attached hydrogens (primary N) is 1. The highest BCUT2D eigenvalue weighted by molar-refractivity contribution is 5.43. The molecule has 0 unspecified atom stereocenters. The molecule has 108 valence electrons. The maximum absolute atomic E-state index is 5.69. The molecule has 0 fully saturated rings. The van der Waals surface area contributed by atoms with Crippen LogP contribution >= 0.6 is 0 Å². The number of ether oxygens (including phenoxy) is 1. The summed E-state index contributed by atoms with van der Waals surface area (Å²) < 4.78 is 10.7. The molecule has 2 rings (SSSR count). The molecular weight excluding hydrogens is 254 g/mol. The highest BCUT2D eigenvalue weighted by Crippen LogP contribution is 2.14. The van der Waals surface area contributed by atoms with Gasteiger partial charge in [0.25, 0.3) is 0 Å². The largest absolute Gasteiger partial charge is 0.493 e. The lowest BCUT2D eigenvalue weighted by Crippen LogP contribution is -2.21. The first-order valence-electron chi connectivity index (χ1n) is 6.72. The number of benzene rings is 1. The predicted molar refractivity (Wildman–Crippen MR) is 78.5 cm³/mol. The first kappa shape index (κ1) is 14.4. The van der Waals surface area contributed by atoms with E-state index >= 15 is 0 Å². The van der Waals surface area contributed by atoms with Gasteiger partial charge in [-0.25, -0.2) is 0 Å². The molecule has 0 bridgehead atoms. The van der Waals surface area contributed by atoms with Gasteiger partial charge in [-0.15, -0.1) is 0 Å². The smallest absolute Gasteiger partial charge is 0.133 e. The number of aryl methyl sites for hydroxylation is 1. The fourth-order valence-corrected chi connectivity index (χ4v) is 1.98. The van der Waals surface area contributed by atoms with Crippen LogP contribution < -0.4 is 10.5 Å². The van der Waals surface area contributed by atoms with Gasteiger partial charge in [0.15, 0.2) is 0 Å². The van der Waals surface area contributed by atoms with Crippen molar-refractivity contribution < 1.29 is 9.26 Å². The summed E-state index contributed by atoms with van der Waals surface area (Å²) in [6.45, 7) is 4.30. The lowest BCUT2D eigenvalue weighted by Gasteiger charge is -2.15. The topological polar surface area (TPSA) is 64.5 Å². The molecular formula is C15H21N3O2. The van der Waals surface area contributed by atoms with Gasteiger partial charge in [0, 0.05) is 30.9 Å². The van der Waals surface area contributed by atoms with Gasteiger partial charge in [0.2, 0.25) is 0 Å². The highest BCUT2D eigenvalue weighted by Gasteiger charge is 2.04. The van der Waals surface area contributed by atoms with Crippen molar-refractivity contribution in [3.05, 3.63) is 41.8 Å². The second-order valence-corrected chi connectivity index (χ2v) is 4.94. The summed E-state index contributed by atoms with van der Waals surface area (Å²) in [7, 11) is 2.06. The molecule has 1 aromatic heterocycles. The number of nitrogen functional groups attached to an aromatic ring is 1. The van der Waals surface area contributed by atoms with E-state index in [9.17, 15) is 0 Å². The van der Waals surface area contributed by atoms with E-state index in [1.807, 2.05) is 37.3 Å². The number of hydrogen-bond donors (Lipinski definition) is 1. The Labute approximate surface area is 119 Å². The Balaban J connectivity index is 1.65. The first-order valence-corrected chi connectivity index (χ1v) is 6.72. The summed E-state index contributed by atoms with van der Waals surface area (Å²) in [5.41, 5.74) is 7.38. The molecule has 5 heteroatoms. The molecule has 0 saturated carbocycles. The average Bonchev–Trinajstić information content (AvgIpc) is 2.80. The van der Waals surface area contributed by atoms with E-state index in [0.717, 1.165) is 42.4 Å². The van der Waals surface area contributed by atoms with Crippen molar-refractivity contribution in [1.29, 1.82) is 0 Å². The third kappa shape index (κ3) is 4.59. The van der Waals surface area contributed by atoms with E-state index in [1.165, 1.54) is 0 Å². The summed E-state index contributed by atoms with van der Waals surface area (Å²) in [6.07, 6.45) is 0.947. The number of nitrogens with zero attached hydrogens (tertiary/aromatic N) is 2. The maximum atomic E-state index is 5.69. The van der Waals surface area contributed by atoms with Crippen LogP contribution in [0.2, 0.25) is 0 Å². The molecule has 0 spiro atoms. The van der Waals surface area contributed by atoms with Crippen molar-refractivity contribution in [2.45, 2.75) is 19.9 Å². The number of aromatic nitrogens is 1. The molecule has 0 aliphatic rings. The summed E-state index contributed by atoms with van der Waals surface area (Å²) in [6, 6.07) is 9.45. The van der Waals surface area contributed by atoms with Crippen molar-refractivity contribution >= 4 is 5.69 Å². The Kier molecular flexibility index (Phi) is 5.01. The van der Waals surface area contributed by atoms with Crippen LogP contribution in [0, 0.1) is 6.92 Å². The standard InChI is InChI=1S/C15H21N3O2/c1-12-9-14(17-20-12)11-18(2)7-4-8-19-15-6-3-5-13(16)10-15/h3,5-6,9-10H,4,7-8,11,16H2,1-2H3. The maximum Gasteiger partial charge on any atom is 0.133 e. The van der Waals surface area contributed by atoms with Gasteiger partial charge in [-0.05, 0) is 32.5 Å². The summed E-state index contributed by atoms with van der Waals surface area (Å²) in [5.74, 6) is 1.66. The quantitative estimate of drug-likeness (QED) is 0.621. The summed E-state index contributed by atoms with van der Waals surface area (Å²) in [5, 5.41) is 3.98. The molecule has 2 aromatic rings. The van der Waals surface area contributed by atoms with Gasteiger partial charge in [0.1, 0.15) is 11.5 Å². The Morgan fingerprint density at radius 1 is 1.35 bits per heavy atom. The van der Waals surface area contributed by atoms with Crippen LogP contribution in [0.3, 0.4) is 0 Å². The molecule has 1 aromatic carbocycles. The van der Waals surface area contributed by atoms with Crippen LogP contribution in [0.1, 0.15) is 17.9 Å². The molecule has 0 radical (unpaired) electrons. The van der Waals surface area contributed by atoms with Crippen LogP contribution in [0.5, 0.6) is 5.75 Å². The van der Waals surface area contributed by atoms with Crippen LogP contribution in [0.25, 0.3) is 0 Å². The van der Waals surface area contributed by atoms with Gasteiger partial charge >= 0.3 is 0 Å². The third-order valence-corrected chi connectivity index (χ3v) is 2.92. The zero-order valence-corrected chi connectivity index (χ0v) is 12.0. The average molecular weight is 275 g/mol. The number of hydrogen-bond acceptors (Lipinski definition) is 5. The van der Waals surface area contributed by atoms with Gasteiger partial charge < -0.3 is 19.9 Å². The van der Waals surface area contributed by atoms with E-state index in [4.69, 9.17) is 15.0 Å². The molecule has 0 saturated heterocycles. The van der Waals surface area contributed by atoms with E-state index in [-0.39, 0.29) is 0 Å². The Hall–Kier alpha value is -2.01. The van der Waals surface area contributed by atoms with Crippen molar-refractivity contribution in [3.63, 3.8) is 0 Å². The summed E-state index contributed by atoms with van der Waals surface area (Å²) in [4.78, 5) is 2.19. The molecule has 0 aliphatic heterocycles. The van der Waals surface area contributed by atoms with Crippen LogP contribution in [-0.2, 0) is 6.54 Å². The minimum absolute atomic E-state index is 0.672. The van der Waals surface area contributed by atoms with E-state index in [0.29, 0.717) is 6.61 Å². The number of anilines is 1. The molecule has 0 aliphatic carbocycles. The van der Waals surface area contributed by atoms with Crippen molar-refractivity contribution in [2.75, 3.05) is 25.9 Å². The second kappa shape index (κ2) is 6.96. The monoisotopic (exact) mass is 275 g/mol. The zero-order chi connectivity index (χ0) is 14.4. The van der Waals surface area contributed by atoms with Gasteiger partial charge in [0.05, 0.1) is 12.3 Å². The minimum atomic E-state index is 0.672. The van der Waals surface area contributed by atoms with Crippen LogP contribution in [-0.4, -0.2) is 30.3 Å². The Bertz CT molecular complexity index is 539. The van der Waals surface area contributed by atoms with Gasteiger partial charge in [-0.2, -0.15) is 0 Å². The first-order chi connectivity index (χ1) is 9.63. The van der Waals surface area contributed by atoms with Gasteiger partial charge in [-0.1, -0.05) is 11.2 Å². The number of rotatable bonds is 7. The van der Waals surface area contributed by atoms with E-state index < -0.39 is 0 Å². The lowest BCUT2D eigenvalue weighted by molar-refractivity contribution is 0.254. The molecule has 20 heavy (non-hydrogen) atoms. The molecule has 2 N–H and O–H groups in total. The molecule has 1 heterocycles. The van der Waals surface area contributed by atoms with E-state index in [1.54, 1.807) is 0 Å². The highest BCUT2D eigenvalue weighted by atomic mass is 16.5. The van der Waals surface area contributed by atoms with E-state index in [2.05, 4.69) is 17.1 Å². The van der Waals surface area contributed by atoms with Crippen molar-refractivity contribution in [1.82, 2.24) is 10.1 Å². The van der Waals surface area contributed by atoms with Crippen molar-refractivity contribution in [3.8, 4) is 5.75 Å². The minimum Gasteiger partial charge on any atom is -0.493 e. The van der Waals surface area contributed by atoms with Gasteiger partial charge in [-0.3, -0.25) is 0 Å². The second-order valence-electron chi connectivity index (χ2n) is 4.94. The Morgan fingerprint density at radius 2 is 2.20 bits per heavy atom. The van der Waals surface area contributed by atoms with Crippen molar-refractivity contribution in [2.24, 2.45) is 0 Å². The normalized spacial score (nSPS) is 10.9. The molecule has 5 nitrogen and oxygen atoms in total. The third-order valence-electron chi connectivity index (χ3n) is 2.92. The predicted octanol–water partition coefficient (Wildman–Crippen LogP) is 2.47. The Morgan fingerprint density at radius 3 is 2.90 bits per heavy atom. The zero-order valence-electron chi connectivity index (χ0n) is 12.0. The lowest BCUT2D eigenvalue weighted by atomic mass is 10.3. The van der Waals surface area contributed by atoms with Crippen LogP contribution in [0.15, 0.2) is 34.9 Å². The van der Waals surface area contributed by atoms with Crippen LogP contribution in [0.4, 0.5) is 5.69 Å². The SMILES string of the molecule is Cc1cc(CN(C)CCCOc2cccc(N)c2)no1. The summed E-state index contributed by atoms with van der Waals surface area (Å²) >= 11 is 0. The fraction of sp³-hybridized carbons (Fsp3) is 0.400.